The van der Waals surface area contributed by atoms with Crippen LogP contribution < -0.4 is 0 Å². The van der Waals surface area contributed by atoms with Crippen LogP contribution in [0.2, 0.25) is 5.02 Å². The van der Waals surface area contributed by atoms with Crippen molar-refractivity contribution in [3.8, 4) is 0 Å². The zero-order chi connectivity index (χ0) is 23.0. The predicted octanol–water partition coefficient (Wildman–Crippen LogP) is 6.13. The van der Waals surface area contributed by atoms with E-state index in [4.69, 9.17) is 11.6 Å². The summed E-state index contributed by atoms with van der Waals surface area (Å²) in [5.74, 6) is 0. The molecule has 2 heterocycles. The van der Waals surface area contributed by atoms with Crippen molar-refractivity contribution in [2.45, 2.75) is 24.8 Å². The summed E-state index contributed by atoms with van der Waals surface area (Å²) in [7, 11) is -3.55. The number of sulfonamides is 1. The number of para-hydroxylation sites is 1. The van der Waals surface area contributed by atoms with E-state index in [9.17, 15) is 8.42 Å². The van der Waals surface area contributed by atoms with Crippen molar-refractivity contribution in [1.29, 1.82) is 0 Å². The lowest BCUT2D eigenvalue weighted by Gasteiger charge is -2.26. The van der Waals surface area contributed by atoms with Gasteiger partial charge in [-0.15, -0.1) is 0 Å². The summed E-state index contributed by atoms with van der Waals surface area (Å²) in [6.45, 7) is 3.78. The minimum Gasteiger partial charge on any atom is -0.340 e. The van der Waals surface area contributed by atoms with Crippen molar-refractivity contribution in [2.24, 2.45) is 0 Å². The van der Waals surface area contributed by atoms with Crippen molar-refractivity contribution in [3.05, 3.63) is 107 Å². The maximum absolute atomic E-state index is 13.1. The van der Waals surface area contributed by atoms with Gasteiger partial charge in [-0.25, -0.2) is 8.42 Å². The van der Waals surface area contributed by atoms with E-state index in [1.807, 2.05) is 6.07 Å². The Labute approximate surface area is 199 Å². The van der Waals surface area contributed by atoms with E-state index in [1.54, 1.807) is 24.3 Å². The van der Waals surface area contributed by atoms with Crippen LogP contribution in [0, 0.1) is 6.92 Å². The summed E-state index contributed by atoms with van der Waals surface area (Å²) in [6, 6.07) is 25.3. The molecule has 3 aromatic carbocycles. The first kappa shape index (κ1) is 22.0. The lowest BCUT2D eigenvalue weighted by molar-refractivity contribution is 0.441. The van der Waals surface area contributed by atoms with Gasteiger partial charge in [-0.3, -0.25) is 0 Å². The first-order valence-corrected chi connectivity index (χ1v) is 12.8. The highest BCUT2D eigenvalue weighted by molar-refractivity contribution is 7.89. The smallest absolute Gasteiger partial charge is 0.243 e. The highest BCUT2D eigenvalue weighted by Crippen LogP contribution is 2.35. The van der Waals surface area contributed by atoms with Crippen LogP contribution in [0.5, 0.6) is 0 Å². The predicted molar refractivity (Wildman–Crippen MR) is 135 cm³/mol. The van der Waals surface area contributed by atoms with Crippen LogP contribution in [0.4, 0.5) is 0 Å². The molecule has 4 aromatic rings. The molecule has 0 bridgehead atoms. The standard InChI is InChI=1S/C27H25ClN2O2S/c1-20-27(25-9-5-6-10-26(25)30(20)19-21-7-3-2-4-8-21)22-15-17-29(18-16-22)33(31,32)24-13-11-23(28)12-14-24/h2-15H,16-19H2,1H3. The van der Waals surface area contributed by atoms with Crippen LogP contribution in [0.25, 0.3) is 16.5 Å². The monoisotopic (exact) mass is 476 g/mol. The molecule has 0 N–H and O–H groups in total. The Morgan fingerprint density at radius 2 is 1.61 bits per heavy atom. The molecule has 168 valence electrons. The van der Waals surface area contributed by atoms with Crippen molar-refractivity contribution >= 4 is 38.1 Å². The summed E-state index contributed by atoms with van der Waals surface area (Å²) in [5, 5.41) is 1.74. The maximum atomic E-state index is 13.1. The minimum absolute atomic E-state index is 0.277. The van der Waals surface area contributed by atoms with Crippen molar-refractivity contribution < 1.29 is 8.42 Å². The molecule has 1 aliphatic heterocycles. The minimum atomic E-state index is -3.55. The number of benzene rings is 3. The highest BCUT2D eigenvalue weighted by Gasteiger charge is 2.28. The van der Waals surface area contributed by atoms with Crippen LogP contribution >= 0.6 is 11.6 Å². The van der Waals surface area contributed by atoms with Crippen molar-refractivity contribution in [1.82, 2.24) is 8.87 Å². The van der Waals surface area contributed by atoms with Crippen molar-refractivity contribution in [3.63, 3.8) is 0 Å². The van der Waals surface area contributed by atoms with Gasteiger partial charge < -0.3 is 4.57 Å². The summed E-state index contributed by atoms with van der Waals surface area (Å²) >= 11 is 5.93. The maximum Gasteiger partial charge on any atom is 0.243 e. The number of nitrogens with zero attached hydrogens (tertiary/aromatic N) is 2. The van der Waals surface area contributed by atoms with Crippen molar-refractivity contribution in [2.75, 3.05) is 13.1 Å². The van der Waals surface area contributed by atoms with Gasteiger partial charge in [0.1, 0.15) is 0 Å². The number of hydrogen-bond donors (Lipinski definition) is 0. The summed E-state index contributed by atoms with van der Waals surface area (Å²) < 4.78 is 30.1. The zero-order valence-corrected chi connectivity index (χ0v) is 20.0. The topological polar surface area (TPSA) is 42.3 Å². The molecule has 4 nitrogen and oxygen atoms in total. The third kappa shape index (κ3) is 4.12. The Bertz CT molecular complexity index is 1440. The Morgan fingerprint density at radius 1 is 0.909 bits per heavy atom. The van der Waals surface area contributed by atoms with E-state index in [0.29, 0.717) is 24.5 Å². The fourth-order valence-corrected chi connectivity index (χ4v) is 6.16. The normalized spacial score (nSPS) is 15.0. The van der Waals surface area contributed by atoms with Crippen LogP contribution in [-0.4, -0.2) is 30.4 Å². The fourth-order valence-electron chi connectivity index (χ4n) is 4.66. The lowest BCUT2D eigenvalue weighted by Crippen LogP contribution is -2.34. The molecule has 0 radical (unpaired) electrons. The molecular formula is C27H25ClN2O2S. The quantitative estimate of drug-likeness (QED) is 0.347. The number of aromatic nitrogens is 1. The van der Waals surface area contributed by atoms with Gasteiger partial charge in [-0.2, -0.15) is 4.31 Å². The molecule has 33 heavy (non-hydrogen) atoms. The average molecular weight is 477 g/mol. The SMILES string of the molecule is Cc1c(C2=CCN(S(=O)(=O)c3ccc(Cl)cc3)CC2)c2ccccc2n1Cc1ccccc1. The third-order valence-electron chi connectivity index (χ3n) is 6.36. The molecule has 0 aliphatic carbocycles. The van der Waals surface area contributed by atoms with Crippen LogP contribution in [0.3, 0.4) is 0 Å². The van der Waals surface area contributed by atoms with Gasteiger partial charge >= 0.3 is 0 Å². The summed E-state index contributed by atoms with van der Waals surface area (Å²) in [6.07, 6.45) is 2.74. The highest BCUT2D eigenvalue weighted by atomic mass is 35.5. The zero-order valence-electron chi connectivity index (χ0n) is 18.4. The van der Waals surface area contributed by atoms with Crippen LogP contribution in [0.1, 0.15) is 23.2 Å². The van der Waals surface area contributed by atoms with E-state index in [-0.39, 0.29) is 4.90 Å². The van der Waals surface area contributed by atoms with E-state index in [2.05, 4.69) is 66.1 Å². The second-order valence-corrected chi connectivity index (χ2v) is 10.7. The molecule has 0 spiro atoms. The third-order valence-corrected chi connectivity index (χ3v) is 8.49. The first-order chi connectivity index (χ1) is 15.9. The number of halogens is 1. The van der Waals surface area contributed by atoms with Gasteiger partial charge in [0.05, 0.1) is 4.90 Å². The molecule has 0 atom stereocenters. The molecule has 0 saturated heterocycles. The van der Waals surface area contributed by atoms with Gasteiger partial charge in [0.2, 0.25) is 10.0 Å². The van der Waals surface area contributed by atoms with E-state index in [1.165, 1.54) is 37.6 Å². The van der Waals surface area contributed by atoms with Crippen LogP contribution in [-0.2, 0) is 16.6 Å². The van der Waals surface area contributed by atoms with Gasteiger partial charge in [0.25, 0.3) is 0 Å². The van der Waals surface area contributed by atoms with E-state index in [0.717, 1.165) is 6.54 Å². The molecule has 0 amide bonds. The van der Waals surface area contributed by atoms with Crippen LogP contribution in [0.15, 0.2) is 89.8 Å². The molecule has 0 unspecified atom stereocenters. The van der Waals surface area contributed by atoms with E-state index < -0.39 is 10.0 Å². The fraction of sp³-hybridized carbons (Fsp3) is 0.185. The molecule has 5 rings (SSSR count). The van der Waals surface area contributed by atoms with Gasteiger partial charge in [0, 0.05) is 46.8 Å². The Hall–Kier alpha value is -2.86. The molecule has 0 saturated carbocycles. The molecule has 1 aliphatic rings. The van der Waals surface area contributed by atoms with E-state index >= 15 is 0 Å². The number of rotatable bonds is 5. The second kappa shape index (κ2) is 8.82. The van der Waals surface area contributed by atoms with Gasteiger partial charge in [0.15, 0.2) is 0 Å². The number of hydrogen-bond acceptors (Lipinski definition) is 2. The second-order valence-electron chi connectivity index (χ2n) is 8.35. The molecular weight excluding hydrogens is 452 g/mol. The summed E-state index contributed by atoms with van der Waals surface area (Å²) in [4.78, 5) is 0.277. The Kier molecular flexibility index (Phi) is 5.87. The first-order valence-electron chi connectivity index (χ1n) is 11.0. The largest absolute Gasteiger partial charge is 0.340 e. The van der Waals surface area contributed by atoms with Gasteiger partial charge in [-0.05, 0) is 54.8 Å². The molecule has 6 heteroatoms. The molecule has 0 fully saturated rings. The average Bonchev–Trinajstić information content (AvgIpc) is 3.11. The number of fused-ring (bicyclic) bond motifs is 1. The summed E-state index contributed by atoms with van der Waals surface area (Å²) in [5.41, 5.74) is 6.10. The van der Waals surface area contributed by atoms with Gasteiger partial charge in [-0.1, -0.05) is 66.2 Å². The molecule has 1 aromatic heterocycles. The Balaban J connectivity index is 1.49. The Morgan fingerprint density at radius 3 is 2.30 bits per heavy atom. The lowest BCUT2D eigenvalue weighted by atomic mass is 9.97.